The first-order valence-electron chi connectivity index (χ1n) is 7.62. The van der Waals surface area contributed by atoms with Crippen molar-refractivity contribution in [3.05, 3.63) is 16.5 Å². The fourth-order valence-electron chi connectivity index (χ4n) is 2.91. The minimum absolute atomic E-state index is 0.661. The van der Waals surface area contributed by atoms with E-state index >= 15 is 0 Å². The van der Waals surface area contributed by atoms with Crippen LogP contribution in [0.2, 0.25) is 0 Å². The third kappa shape index (κ3) is 3.92. The molecule has 1 aromatic rings. The highest BCUT2D eigenvalue weighted by Gasteiger charge is 2.24. The molecule has 1 fully saturated rings. The summed E-state index contributed by atoms with van der Waals surface area (Å²) in [6.45, 7) is 7.84. The Bertz CT molecular complexity index is 438. The van der Waals surface area contributed by atoms with Gasteiger partial charge in [-0.1, -0.05) is 13.8 Å². The maximum Gasteiger partial charge on any atom is 0.133 e. The fourth-order valence-corrected chi connectivity index (χ4v) is 3.32. The van der Waals surface area contributed by atoms with Gasteiger partial charge in [0.15, 0.2) is 0 Å². The lowest BCUT2D eigenvalue weighted by atomic mass is 10.2. The van der Waals surface area contributed by atoms with Crippen molar-refractivity contribution in [1.82, 2.24) is 14.9 Å². The molecular formula is C15H25BrN4. The molecule has 0 spiro atoms. The number of nitrogens with zero attached hydrogens (tertiary/aromatic N) is 4. The molecule has 1 saturated heterocycles. The van der Waals surface area contributed by atoms with Crippen molar-refractivity contribution in [3.63, 3.8) is 0 Å². The van der Waals surface area contributed by atoms with E-state index in [4.69, 9.17) is 0 Å². The van der Waals surface area contributed by atoms with Crippen LogP contribution in [0.15, 0.2) is 10.7 Å². The van der Waals surface area contributed by atoms with Crippen LogP contribution < -0.4 is 4.90 Å². The Morgan fingerprint density at radius 3 is 2.90 bits per heavy atom. The molecule has 0 radical (unpaired) electrons. The average Bonchev–Trinajstić information content (AvgIpc) is 2.85. The summed E-state index contributed by atoms with van der Waals surface area (Å²) in [6, 6.07) is 2.68. The first-order chi connectivity index (χ1) is 9.63. The number of aromatic nitrogens is 2. The van der Waals surface area contributed by atoms with Crippen molar-refractivity contribution in [1.29, 1.82) is 0 Å². The molecule has 5 heteroatoms. The lowest BCUT2D eigenvalue weighted by Gasteiger charge is -2.28. The monoisotopic (exact) mass is 340 g/mol. The Hall–Kier alpha value is -0.680. The molecule has 112 valence electrons. The molecule has 0 amide bonds. The zero-order valence-electron chi connectivity index (χ0n) is 12.8. The first-order valence-corrected chi connectivity index (χ1v) is 8.42. The van der Waals surface area contributed by atoms with E-state index in [0.29, 0.717) is 6.04 Å². The first kappa shape index (κ1) is 15.7. The molecule has 0 saturated carbocycles. The van der Waals surface area contributed by atoms with Crippen molar-refractivity contribution in [2.45, 2.75) is 45.6 Å². The summed E-state index contributed by atoms with van der Waals surface area (Å²) in [5.41, 5.74) is 0. The molecule has 20 heavy (non-hydrogen) atoms. The molecular weight excluding hydrogens is 316 g/mol. The van der Waals surface area contributed by atoms with E-state index in [1.165, 1.54) is 19.4 Å². The predicted molar refractivity (Wildman–Crippen MR) is 87.3 cm³/mol. The maximum absolute atomic E-state index is 4.68. The van der Waals surface area contributed by atoms with Gasteiger partial charge in [0, 0.05) is 32.1 Å². The Balaban J connectivity index is 2.06. The second-order valence-electron chi connectivity index (χ2n) is 5.52. The molecule has 0 aliphatic carbocycles. The highest BCUT2D eigenvalue weighted by atomic mass is 79.9. The lowest BCUT2D eigenvalue weighted by Crippen LogP contribution is -2.39. The molecule has 2 rings (SSSR count). The van der Waals surface area contributed by atoms with Gasteiger partial charge in [-0.25, -0.2) is 9.97 Å². The van der Waals surface area contributed by atoms with Crippen molar-refractivity contribution in [2.75, 3.05) is 31.6 Å². The fraction of sp³-hybridized carbons (Fsp3) is 0.733. The number of likely N-dealkylation sites (N-methyl/N-ethyl adjacent to an activating group) is 2. The molecule has 1 aromatic heterocycles. The van der Waals surface area contributed by atoms with Crippen LogP contribution in [0.1, 0.15) is 38.9 Å². The number of anilines is 1. The number of aryl methyl sites for hydroxylation is 1. The third-order valence-electron chi connectivity index (χ3n) is 3.98. The number of hydrogen-bond acceptors (Lipinski definition) is 4. The van der Waals surface area contributed by atoms with Crippen LogP contribution in [0.3, 0.4) is 0 Å². The van der Waals surface area contributed by atoms with Gasteiger partial charge in [-0.15, -0.1) is 0 Å². The van der Waals surface area contributed by atoms with E-state index < -0.39 is 0 Å². The topological polar surface area (TPSA) is 32.3 Å². The normalized spacial score (nSPS) is 19.5. The second kappa shape index (κ2) is 7.36. The van der Waals surface area contributed by atoms with Crippen LogP contribution in [0.25, 0.3) is 0 Å². The van der Waals surface area contributed by atoms with E-state index in [1.54, 1.807) is 0 Å². The highest BCUT2D eigenvalue weighted by molar-refractivity contribution is 9.10. The SMILES string of the molecule is CCCc1nc(Br)cc(N(C)CC2CCCN2CC)n1. The summed E-state index contributed by atoms with van der Waals surface area (Å²) in [5, 5.41) is 0. The number of hydrogen-bond donors (Lipinski definition) is 0. The van der Waals surface area contributed by atoms with Crippen LogP contribution in [-0.2, 0) is 6.42 Å². The van der Waals surface area contributed by atoms with Gasteiger partial charge in [-0.3, -0.25) is 4.90 Å². The average molecular weight is 341 g/mol. The molecule has 0 bridgehead atoms. The Kier molecular flexibility index (Phi) is 5.78. The number of rotatable bonds is 6. The van der Waals surface area contributed by atoms with Crippen LogP contribution in [-0.4, -0.2) is 47.6 Å². The van der Waals surface area contributed by atoms with Gasteiger partial charge in [-0.05, 0) is 48.3 Å². The summed E-state index contributed by atoms with van der Waals surface area (Å²) in [5.74, 6) is 1.96. The molecule has 1 unspecified atom stereocenters. The second-order valence-corrected chi connectivity index (χ2v) is 6.33. The van der Waals surface area contributed by atoms with Crippen LogP contribution in [0.5, 0.6) is 0 Å². The molecule has 0 N–H and O–H groups in total. The van der Waals surface area contributed by atoms with Gasteiger partial charge in [0.05, 0.1) is 0 Å². The summed E-state index contributed by atoms with van der Waals surface area (Å²) in [6.07, 6.45) is 4.63. The summed E-state index contributed by atoms with van der Waals surface area (Å²) in [4.78, 5) is 14.0. The van der Waals surface area contributed by atoms with E-state index in [-0.39, 0.29) is 0 Å². The number of likely N-dealkylation sites (tertiary alicyclic amines) is 1. The van der Waals surface area contributed by atoms with Gasteiger partial charge in [0.2, 0.25) is 0 Å². The third-order valence-corrected chi connectivity index (χ3v) is 4.39. The van der Waals surface area contributed by atoms with E-state index in [0.717, 1.165) is 42.2 Å². The Labute approximate surface area is 130 Å². The lowest BCUT2D eigenvalue weighted by molar-refractivity contribution is 0.270. The van der Waals surface area contributed by atoms with Crippen molar-refractivity contribution in [2.24, 2.45) is 0 Å². The molecule has 1 aliphatic heterocycles. The summed E-state index contributed by atoms with van der Waals surface area (Å²) < 4.78 is 0.886. The molecule has 1 atom stereocenters. The van der Waals surface area contributed by atoms with Crippen molar-refractivity contribution in [3.8, 4) is 0 Å². The smallest absolute Gasteiger partial charge is 0.133 e. The highest BCUT2D eigenvalue weighted by Crippen LogP contribution is 2.21. The van der Waals surface area contributed by atoms with Gasteiger partial charge in [0.1, 0.15) is 16.2 Å². The van der Waals surface area contributed by atoms with E-state index in [9.17, 15) is 0 Å². The molecule has 2 heterocycles. The van der Waals surface area contributed by atoms with E-state index in [1.807, 2.05) is 6.07 Å². The molecule has 4 nitrogen and oxygen atoms in total. The van der Waals surface area contributed by atoms with Gasteiger partial charge < -0.3 is 4.90 Å². The van der Waals surface area contributed by atoms with Crippen molar-refractivity contribution >= 4 is 21.7 Å². The molecule has 1 aliphatic rings. The Morgan fingerprint density at radius 2 is 2.20 bits per heavy atom. The van der Waals surface area contributed by atoms with Gasteiger partial charge in [0.25, 0.3) is 0 Å². The van der Waals surface area contributed by atoms with Crippen LogP contribution >= 0.6 is 15.9 Å². The predicted octanol–water partition coefficient (Wildman–Crippen LogP) is 3.11. The zero-order chi connectivity index (χ0) is 14.5. The summed E-state index contributed by atoms with van der Waals surface area (Å²) in [7, 11) is 2.14. The van der Waals surface area contributed by atoms with Crippen molar-refractivity contribution < 1.29 is 0 Å². The number of halogens is 1. The standard InChI is InChI=1S/C15H25BrN4/c1-4-7-14-17-13(16)10-15(18-14)19(3)11-12-8-6-9-20(12)5-2/h10,12H,4-9,11H2,1-3H3. The Morgan fingerprint density at radius 1 is 1.40 bits per heavy atom. The van der Waals surface area contributed by atoms with Crippen LogP contribution in [0.4, 0.5) is 5.82 Å². The quantitative estimate of drug-likeness (QED) is 0.745. The molecule has 0 aromatic carbocycles. The summed E-state index contributed by atoms with van der Waals surface area (Å²) >= 11 is 3.50. The minimum atomic E-state index is 0.661. The van der Waals surface area contributed by atoms with Crippen LogP contribution in [0, 0.1) is 0 Å². The maximum atomic E-state index is 4.68. The minimum Gasteiger partial charge on any atom is -0.358 e. The largest absolute Gasteiger partial charge is 0.358 e. The van der Waals surface area contributed by atoms with Gasteiger partial charge in [-0.2, -0.15) is 0 Å². The van der Waals surface area contributed by atoms with E-state index in [2.05, 4.69) is 56.6 Å². The zero-order valence-corrected chi connectivity index (χ0v) is 14.4. The van der Waals surface area contributed by atoms with Gasteiger partial charge >= 0.3 is 0 Å².